The first-order valence-electron chi connectivity index (χ1n) is 11.8. The summed E-state index contributed by atoms with van der Waals surface area (Å²) >= 11 is 1.50. The molecule has 1 amide bonds. The molecule has 3 rings (SSSR count). The summed E-state index contributed by atoms with van der Waals surface area (Å²) < 4.78 is 0. The monoisotopic (exact) mass is 489 g/mol. The molecule has 0 bridgehead atoms. The summed E-state index contributed by atoms with van der Waals surface area (Å²) in [6.07, 6.45) is 6.33. The van der Waals surface area contributed by atoms with Crippen molar-refractivity contribution in [2.24, 2.45) is 0 Å². The zero-order valence-corrected chi connectivity index (χ0v) is 21.1. The average molecular weight is 490 g/mol. The Labute approximate surface area is 205 Å². The number of aliphatic carboxylic acids is 1. The van der Waals surface area contributed by atoms with Gasteiger partial charge < -0.3 is 14.9 Å². The van der Waals surface area contributed by atoms with Crippen molar-refractivity contribution in [1.29, 1.82) is 0 Å². The number of nitrogens with zero attached hydrogens (tertiary/aromatic N) is 6. The molecule has 186 valence electrons. The second-order valence-electron chi connectivity index (χ2n) is 8.66. The molecule has 0 aromatic carbocycles. The first-order valence-corrected chi connectivity index (χ1v) is 12.6. The number of rotatable bonds is 12. The van der Waals surface area contributed by atoms with Crippen molar-refractivity contribution in [3.05, 3.63) is 28.7 Å². The van der Waals surface area contributed by atoms with Crippen molar-refractivity contribution in [3.8, 4) is 0 Å². The van der Waals surface area contributed by atoms with E-state index in [2.05, 4.69) is 48.9 Å². The van der Waals surface area contributed by atoms with Crippen LogP contribution < -0.4 is 10.2 Å². The minimum atomic E-state index is -0.751. The normalized spacial score (nSPS) is 14.5. The Bertz CT molecular complexity index is 943. The van der Waals surface area contributed by atoms with E-state index in [1.165, 1.54) is 17.5 Å². The molecule has 1 aliphatic heterocycles. The van der Waals surface area contributed by atoms with E-state index < -0.39 is 5.97 Å². The molecule has 2 N–H and O–H groups in total. The zero-order valence-electron chi connectivity index (χ0n) is 20.3. The van der Waals surface area contributed by atoms with Gasteiger partial charge in [0.1, 0.15) is 11.5 Å². The molecule has 10 nitrogen and oxygen atoms in total. The Morgan fingerprint density at radius 3 is 2.59 bits per heavy atom. The Balaban J connectivity index is 1.49. The molecule has 2 aromatic rings. The molecular weight excluding hydrogens is 454 g/mol. The minimum Gasteiger partial charge on any atom is -0.481 e. The number of carboxylic acids is 1. The minimum absolute atomic E-state index is 0.201. The van der Waals surface area contributed by atoms with Gasteiger partial charge in [-0.15, -0.1) is 11.3 Å². The number of aromatic nitrogens is 3. The highest BCUT2D eigenvalue weighted by Crippen LogP contribution is 2.24. The third kappa shape index (κ3) is 7.71. The number of anilines is 2. The van der Waals surface area contributed by atoms with Gasteiger partial charge in [0.2, 0.25) is 0 Å². The van der Waals surface area contributed by atoms with E-state index in [-0.39, 0.29) is 18.0 Å². The molecule has 11 heteroatoms. The van der Waals surface area contributed by atoms with Crippen LogP contribution in [0, 0.1) is 6.92 Å². The SMILES string of the molecule is CCCCN(C)Cc1sc(NC(=O)c2cnc(N3CCN(CCCC(=O)O)CC3)cn2)nc1C. The van der Waals surface area contributed by atoms with Crippen molar-refractivity contribution in [1.82, 2.24) is 24.8 Å². The second kappa shape index (κ2) is 12.7. The fourth-order valence-corrected chi connectivity index (χ4v) is 4.84. The van der Waals surface area contributed by atoms with Gasteiger partial charge in [0.05, 0.1) is 18.1 Å². The van der Waals surface area contributed by atoms with Crippen LogP contribution in [0.1, 0.15) is 53.7 Å². The van der Waals surface area contributed by atoms with E-state index in [0.717, 1.165) is 75.0 Å². The predicted octanol–water partition coefficient (Wildman–Crippen LogP) is 2.71. The number of piperazine rings is 1. The smallest absolute Gasteiger partial charge is 0.303 e. The van der Waals surface area contributed by atoms with Gasteiger partial charge in [0.15, 0.2) is 5.13 Å². The molecular formula is C23H35N7O3S. The highest BCUT2D eigenvalue weighted by atomic mass is 32.1. The van der Waals surface area contributed by atoms with Crippen LogP contribution >= 0.6 is 11.3 Å². The first kappa shape index (κ1) is 26.0. The number of carboxylic acid groups (broad SMARTS) is 1. The van der Waals surface area contributed by atoms with Gasteiger partial charge in [0.25, 0.3) is 5.91 Å². The molecule has 2 aromatic heterocycles. The van der Waals surface area contributed by atoms with Gasteiger partial charge in [0, 0.05) is 44.0 Å². The highest BCUT2D eigenvalue weighted by molar-refractivity contribution is 7.15. The van der Waals surface area contributed by atoms with Crippen LogP contribution in [0.25, 0.3) is 0 Å². The number of thiazole rings is 1. The molecule has 0 unspecified atom stereocenters. The van der Waals surface area contributed by atoms with Crippen molar-refractivity contribution < 1.29 is 14.7 Å². The van der Waals surface area contributed by atoms with Gasteiger partial charge in [-0.1, -0.05) is 13.3 Å². The summed E-state index contributed by atoms with van der Waals surface area (Å²) in [5, 5.41) is 12.2. The number of aryl methyl sites for hydroxylation is 1. The highest BCUT2D eigenvalue weighted by Gasteiger charge is 2.19. The molecule has 3 heterocycles. The molecule has 0 aliphatic carbocycles. The number of carbonyl (C=O) groups is 2. The van der Waals surface area contributed by atoms with Gasteiger partial charge >= 0.3 is 5.97 Å². The lowest BCUT2D eigenvalue weighted by Crippen LogP contribution is -2.47. The van der Waals surface area contributed by atoms with E-state index in [9.17, 15) is 9.59 Å². The molecule has 1 fully saturated rings. The van der Waals surface area contributed by atoms with E-state index in [1.54, 1.807) is 6.20 Å². The maximum atomic E-state index is 12.7. The van der Waals surface area contributed by atoms with E-state index >= 15 is 0 Å². The Morgan fingerprint density at radius 1 is 1.18 bits per heavy atom. The summed E-state index contributed by atoms with van der Waals surface area (Å²) in [6.45, 7) is 10.1. The number of carbonyl (C=O) groups excluding carboxylic acids is 1. The summed E-state index contributed by atoms with van der Waals surface area (Å²) in [4.78, 5) is 44.4. The number of hydrogen-bond donors (Lipinski definition) is 2. The molecule has 0 atom stereocenters. The number of nitrogens with one attached hydrogen (secondary N) is 1. The molecule has 34 heavy (non-hydrogen) atoms. The Morgan fingerprint density at radius 2 is 1.94 bits per heavy atom. The molecule has 0 saturated carbocycles. The van der Waals surface area contributed by atoms with E-state index in [1.807, 2.05) is 6.92 Å². The zero-order chi connectivity index (χ0) is 24.5. The molecule has 1 aliphatic rings. The van der Waals surface area contributed by atoms with Crippen molar-refractivity contribution in [3.63, 3.8) is 0 Å². The standard InChI is InChI=1S/C23H35N7O3S/c1-4-5-8-28(3)16-19-17(2)26-23(34-19)27-22(33)18-14-25-20(15-24-18)30-12-10-29(11-13-30)9-6-7-21(31)32/h14-15H,4-13,16H2,1-3H3,(H,31,32)(H,26,27,33). The van der Waals surface area contributed by atoms with Crippen LogP contribution in [-0.4, -0.2) is 88.1 Å². The number of hydrogen-bond acceptors (Lipinski definition) is 9. The van der Waals surface area contributed by atoms with E-state index in [4.69, 9.17) is 5.11 Å². The maximum Gasteiger partial charge on any atom is 0.303 e. The Hall–Kier alpha value is -2.63. The van der Waals surface area contributed by atoms with E-state index in [0.29, 0.717) is 11.6 Å². The van der Waals surface area contributed by atoms with Crippen LogP contribution in [0.5, 0.6) is 0 Å². The van der Waals surface area contributed by atoms with Crippen molar-refractivity contribution >= 4 is 34.2 Å². The lowest BCUT2D eigenvalue weighted by atomic mass is 10.2. The Kier molecular flexibility index (Phi) is 9.73. The van der Waals surface area contributed by atoms with Gasteiger partial charge in [-0.2, -0.15) is 0 Å². The number of amides is 1. The molecule has 0 spiro atoms. The summed E-state index contributed by atoms with van der Waals surface area (Å²) in [5.41, 5.74) is 1.19. The van der Waals surface area contributed by atoms with Crippen LogP contribution in [-0.2, 0) is 11.3 Å². The van der Waals surface area contributed by atoms with Crippen LogP contribution in [0.4, 0.5) is 10.9 Å². The third-order valence-corrected chi connectivity index (χ3v) is 6.91. The maximum absolute atomic E-state index is 12.7. The van der Waals surface area contributed by atoms with Gasteiger partial charge in [-0.05, 0) is 39.9 Å². The van der Waals surface area contributed by atoms with Crippen molar-refractivity contribution in [2.75, 3.05) is 56.5 Å². The molecule has 1 saturated heterocycles. The van der Waals surface area contributed by atoms with Gasteiger partial charge in [-0.25, -0.2) is 15.0 Å². The van der Waals surface area contributed by atoms with Crippen molar-refractivity contribution in [2.45, 2.75) is 46.1 Å². The first-order chi connectivity index (χ1) is 16.4. The third-order valence-electron chi connectivity index (χ3n) is 5.85. The fourth-order valence-electron chi connectivity index (χ4n) is 3.80. The van der Waals surface area contributed by atoms with Crippen LogP contribution in [0.3, 0.4) is 0 Å². The predicted molar refractivity (Wildman–Crippen MR) is 134 cm³/mol. The second-order valence-corrected chi connectivity index (χ2v) is 9.74. The lowest BCUT2D eigenvalue weighted by molar-refractivity contribution is -0.137. The van der Waals surface area contributed by atoms with Crippen LogP contribution in [0.2, 0.25) is 0 Å². The summed E-state index contributed by atoms with van der Waals surface area (Å²) in [7, 11) is 2.10. The summed E-state index contributed by atoms with van der Waals surface area (Å²) in [5.74, 6) is -0.329. The number of unbranched alkanes of at least 4 members (excludes halogenated alkanes) is 1. The average Bonchev–Trinajstić information content (AvgIpc) is 3.16. The quantitative estimate of drug-likeness (QED) is 0.464. The lowest BCUT2D eigenvalue weighted by Gasteiger charge is -2.35. The summed E-state index contributed by atoms with van der Waals surface area (Å²) in [6, 6.07) is 0. The van der Waals surface area contributed by atoms with Gasteiger partial charge in [-0.3, -0.25) is 19.8 Å². The molecule has 0 radical (unpaired) electrons. The topological polar surface area (TPSA) is 115 Å². The largest absolute Gasteiger partial charge is 0.481 e. The fraction of sp³-hybridized carbons (Fsp3) is 0.609. The van der Waals surface area contributed by atoms with Crippen LogP contribution in [0.15, 0.2) is 12.4 Å².